The predicted octanol–water partition coefficient (Wildman–Crippen LogP) is 1.64. The summed E-state index contributed by atoms with van der Waals surface area (Å²) in [5, 5.41) is 10.5. The van der Waals surface area contributed by atoms with Crippen LogP contribution in [0.4, 0.5) is 5.69 Å². The largest absolute Gasteiger partial charge is 0.331 e. The van der Waals surface area contributed by atoms with Gasteiger partial charge in [0.1, 0.15) is 17.2 Å². The zero-order valence-electron chi connectivity index (χ0n) is 14.2. The molecule has 0 unspecified atom stereocenters. The first-order chi connectivity index (χ1) is 11.4. The lowest BCUT2D eigenvalue weighted by atomic mass is 10.2. The van der Waals surface area contributed by atoms with E-state index in [0.29, 0.717) is 6.54 Å². The minimum atomic E-state index is -0.0985. The van der Waals surface area contributed by atoms with Gasteiger partial charge in [-0.25, -0.2) is 9.61 Å². The number of nitrogens with one attached hydrogen (secondary N) is 1. The van der Waals surface area contributed by atoms with E-state index >= 15 is 0 Å². The fraction of sp³-hybridized carbons (Fsp3) is 0.375. The van der Waals surface area contributed by atoms with Crippen LogP contribution in [0.1, 0.15) is 17.2 Å². The Morgan fingerprint density at radius 3 is 2.83 bits per heavy atom. The average Bonchev–Trinajstić information content (AvgIpc) is 3.03. The number of hydrogen-bond donors (Lipinski definition) is 1. The van der Waals surface area contributed by atoms with Crippen LogP contribution >= 0.6 is 0 Å². The number of imidazole rings is 1. The molecule has 1 N–H and O–H groups in total. The molecular formula is C16H20N6O2. The summed E-state index contributed by atoms with van der Waals surface area (Å²) in [4.78, 5) is 18.5. The third-order valence-electron chi connectivity index (χ3n) is 3.97. The molecule has 0 bridgehead atoms. The van der Waals surface area contributed by atoms with Crippen molar-refractivity contribution in [3.05, 3.63) is 35.4 Å². The second kappa shape index (κ2) is 6.40. The fourth-order valence-corrected chi connectivity index (χ4v) is 2.55. The van der Waals surface area contributed by atoms with E-state index in [0.717, 1.165) is 33.9 Å². The van der Waals surface area contributed by atoms with E-state index < -0.39 is 0 Å². The van der Waals surface area contributed by atoms with Crippen molar-refractivity contribution in [3.63, 3.8) is 0 Å². The molecule has 0 fully saturated rings. The Bertz CT molecular complexity index is 882. The summed E-state index contributed by atoms with van der Waals surface area (Å²) in [6.07, 6.45) is 0. The number of likely N-dealkylation sites (N-methyl/N-ethyl adjacent to an activating group) is 1. The van der Waals surface area contributed by atoms with Gasteiger partial charge in [-0.2, -0.15) is 0 Å². The third-order valence-corrected chi connectivity index (χ3v) is 3.97. The first-order valence-electron chi connectivity index (χ1n) is 7.63. The van der Waals surface area contributed by atoms with Crippen molar-refractivity contribution in [1.29, 1.82) is 0 Å². The summed E-state index contributed by atoms with van der Waals surface area (Å²) in [7, 11) is 3.82. The minimum Gasteiger partial charge on any atom is -0.331 e. The van der Waals surface area contributed by atoms with Crippen LogP contribution in [0.2, 0.25) is 0 Å². The molecule has 1 amide bonds. The zero-order chi connectivity index (χ0) is 17.3. The highest BCUT2D eigenvalue weighted by molar-refractivity contribution is 5.94. The van der Waals surface area contributed by atoms with Crippen molar-refractivity contribution in [3.8, 4) is 0 Å². The molecule has 24 heavy (non-hydrogen) atoms. The number of carbonyl (C=O) groups excluding carboxylic acids is 1. The van der Waals surface area contributed by atoms with E-state index in [1.54, 1.807) is 0 Å². The summed E-state index contributed by atoms with van der Waals surface area (Å²) in [6.45, 7) is 4.52. The first kappa shape index (κ1) is 16.1. The lowest BCUT2D eigenvalue weighted by molar-refractivity contribution is -0.117. The highest BCUT2D eigenvalue weighted by Crippen LogP contribution is 2.19. The normalized spacial score (nSPS) is 11.4. The quantitative estimate of drug-likeness (QED) is 0.766. The van der Waals surface area contributed by atoms with E-state index in [4.69, 9.17) is 0 Å². The molecule has 0 saturated heterocycles. The molecule has 1 aromatic carbocycles. The molecular weight excluding hydrogens is 308 g/mol. The van der Waals surface area contributed by atoms with Gasteiger partial charge in [-0.3, -0.25) is 9.69 Å². The third kappa shape index (κ3) is 3.28. The highest BCUT2D eigenvalue weighted by atomic mass is 16.6. The van der Waals surface area contributed by atoms with Crippen molar-refractivity contribution in [1.82, 2.24) is 24.8 Å². The number of carbonyl (C=O) groups is 1. The van der Waals surface area contributed by atoms with Crippen molar-refractivity contribution in [2.75, 3.05) is 18.9 Å². The molecule has 126 valence electrons. The summed E-state index contributed by atoms with van der Waals surface area (Å²) in [6, 6.07) is 5.72. The molecule has 0 radical (unpaired) electrons. The van der Waals surface area contributed by atoms with Gasteiger partial charge in [0.15, 0.2) is 0 Å². The Balaban J connectivity index is 1.63. The van der Waals surface area contributed by atoms with Crippen LogP contribution in [-0.2, 0) is 18.4 Å². The van der Waals surface area contributed by atoms with Crippen molar-refractivity contribution in [2.24, 2.45) is 7.05 Å². The molecule has 0 spiro atoms. The van der Waals surface area contributed by atoms with E-state index in [2.05, 4.69) is 25.2 Å². The molecule has 3 rings (SSSR count). The van der Waals surface area contributed by atoms with Gasteiger partial charge < -0.3 is 9.88 Å². The van der Waals surface area contributed by atoms with Crippen LogP contribution < -0.4 is 5.32 Å². The summed E-state index contributed by atoms with van der Waals surface area (Å²) >= 11 is 0. The molecule has 0 aliphatic rings. The van der Waals surface area contributed by atoms with Gasteiger partial charge in [0.25, 0.3) is 0 Å². The van der Waals surface area contributed by atoms with E-state index in [9.17, 15) is 4.79 Å². The van der Waals surface area contributed by atoms with Crippen LogP contribution in [0.25, 0.3) is 11.0 Å². The van der Waals surface area contributed by atoms with E-state index in [-0.39, 0.29) is 12.5 Å². The molecule has 0 aliphatic heterocycles. The number of rotatable bonds is 5. The topological polar surface area (TPSA) is 89.1 Å². The number of anilines is 1. The predicted molar refractivity (Wildman–Crippen MR) is 89.4 cm³/mol. The fourth-order valence-electron chi connectivity index (χ4n) is 2.55. The number of hydrogen-bond acceptors (Lipinski definition) is 6. The molecule has 2 aromatic heterocycles. The lowest BCUT2D eigenvalue weighted by Gasteiger charge is -2.14. The summed E-state index contributed by atoms with van der Waals surface area (Å²) < 4.78 is 6.68. The summed E-state index contributed by atoms with van der Waals surface area (Å²) in [5.74, 6) is 0.836. The van der Waals surface area contributed by atoms with Crippen molar-refractivity contribution in [2.45, 2.75) is 20.4 Å². The zero-order valence-corrected chi connectivity index (χ0v) is 14.2. The Morgan fingerprint density at radius 1 is 1.33 bits per heavy atom. The average molecular weight is 328 g/mol. The Kier molecular flexibility index (Phi) is 4.30. The van der Waals surface area contributed by atoms with Crippen LogP contribution in [0, 0.1) is 13.8 Å². The SMILES string of the molecule is Cc1nonc1CN(C)CC(=O)Nc1ccc2c(c1)nc(C)n2C. The number of benzene rings is 1. The number of nitrogens with zero attached hydrogens (tertiary/aromatic N) is 5. The monoisotopic (exact) mass is 328 g/mol. The van der Waals surface area contributed by atoms with E-state index in [1.807, 2.05) is 55.6 Å². The lowest BCUT2D eigenvalue weighted by Crippen LogP contribution is -2.30. The van der Waals surface area contributed by atoms with Crippen LogP contribution in [0.15, 0.2) is 22.8 Å². The molecule has 3 aromatic rings. The maximum absolute atomic E-state index is 12.2. The maximum Gasteiger partial charge on any atom is 0.238 e. The van der Waals surface area contributed by atoms with Crippen LogP contribution in [0.5, 0.6) is 0 Å². The van der Waals surface area contributed by atoms with Gasteiger partial charge in [0, 0.05) is 19.3 Å². The number of aryl methyl sites for hydroxylation is 3. The van der Waals surface area contributed by atoms with Gasteiger partial charge in [-0.05, 0) is 39.1 Å². The number of fused-ring (bicyclic) bond motifs is 1. The molecule has 8 nitrogen and oxygen atoms in total. The minimum absolute atomic E-state index is 0.0985. The molecule has 8 heteroatoms. The standard InChI is InChI=1S/C16H20N6O2/c1-10-14(20-24-19-10)8-21(3)9-16(23)18-12-5-6-15-13(7-12)17-11(2)22(15)4/h5-7H,8-9H2,1-4H3,(H,18,23). The number of aromatic nitrogens is 4. The Labute approximate surface area is 139 Å². The van der Waals surface area contributed by atoms with Gasteiger partial charge in [0.2, 0.25) is 5.91 Å². The van der Waals surface area contributed by atoms with Crippen LogP contribution in [0.3, 0.4) is 0 Å². The van der Waals surface area contributed by atoms with Crippen LogP contribution in [-0.4, -0.2) is 44.3 Å². The van der Waals surface area contributed by atoms with Crippen molar-refractivity contribution < 1.29 is 9.42 Å². The van der Waals surface area contributed by atoms with Gasteiger partial charge >= 0.3 is 0 Å². The Hall–Kier alpha value is -2.74. The molecule has 0 aliphatic carbocycles. The maximum atomic E-state index is 12.2. The van der Waals surface area contributed by atoms with Crippen molar-refractivity contribution >= 4 is 22.6 Å². The number of amides is 1. The molecule has 0 saturated carbocycles. The molecule has 0 atom stereocenters. The summed E-state index contributed by atoms with van der Waals surface area (Å²) in [5.41, 5.74) is 4.11. The first-order valence-corrected chi connectivity index (χ1v) is 7.63. The van der Waals surface area contributed by atoms with Gasteiger partial charge in [0.05, 0.1) is 17.6 Å². The second-order valence-electron chi connectivity index (χ2n) is 5.94. The van der Waals surface area contributed by atoms with Gasteiger partial charge in [-0.15, -0.1) is 0 Å². The second-order valence-corrected chi connectivity index (χ2v) is 5.94. The molecule has 2 heterocycles. The highest BCUT2D eigenvalue weighted by Gasteiger charge is 2.12. The van der Waals surface area contributed by atoms with E-state index in [1.165, 1.54) is 0 Å². The smallest absolute Gasteiger partial charge is 0.238 e. The van der Waals surface area contributed by atoms with Gasteiger partial charge in [-0.1, -0.05) is 10.3 Å². The Morgan fingerprint density at radius 2 is 2.12 bits per heavy atom.